The lowest BCUT2D eigenvalue weighted by Crippen LogP contribution is -2.01. The van der Waals surface area contributed by atoms with Crippen molar-refractivity contribution in [3.05, 3.63) is 33.8 Å². The van der Waals surface area contributed by atoms with Gasteiger partial charge in [-0.2, -0.15) is 8.46 Å². The van der Waals surface area contributed by atoms with Gasteiger partial charge >= 0.3 is 0 Å². The maximum atomic E-state index is 13.0. The van der Waals surface area contributed by atoms with Gasteiger partial charge in [0.25, 0.3) is 6.43 Å². The Morgan fingerprint density at radius 3 is 2.47 bits per heavy atom. The van der Waals surface area contributed by atoms with Crippen molar-refractivity contribution in [1.29, 1.82) is 0 Å². The molecule has 2 rings (SSSR count). The molecule has 0 spiro atoms. The van der Waals surface area contributed by atoms with Crippen LogP contribution in [0.25, 0.3) is 0 Å². The maximum absolute atomic E-state index is 13.0. The monoisotopic (exact) mass is 386 g/mol. The van der Waals surface area contributed by atoms with Crippen LogP contribution in [0.4, 0.5) is 8.78 Å². The Labute approximate surface area is 118 Å². The van der Waals surface area contributed by atoms with Gasteiger partial charge in [-0.15, -0.1) is 0 Å². The van der Waals surface area contributed by atoms with Crippen LogP contribution in [-0.4, -0.2) is 11.5 Å². The van der Waals surface area contributed by atoms with E-state index in [1.807, 2.05) is 12.1 Å². The number of alkyl halides is 2. The van der Waals surface area contributed by atoms with Crippen molar-refractivity contribution in [2.24, 2.45) is 0 Å². The number of halogens is 4. The van der Waals surface area contributed by atoms with E-state index in [0.717, 1.165) is 27.3 Å². The van der Waals surface area contributed by atoms with Crippen molar-refractivity contribution in [3.8, 4) is 0 Å². The second-order valence-electron chi connectivity index (χ2n) is 4.34. The molecule has 96 valence electrons. The number of hydrogen-bond acceptors (Lipinski definition) is 0. The minimum absolute atomic E-state index is 0.178. The first-order valence-electron chi connectivity index (χ1n) is 5.53. The molecule has 0 radical (unpaired) electrons. The van der Waals surface area contributed by atoms with Gasteiger partial charge in [0, 0.05) is 15.8 Å². The molecule has 17 heavy (non-hydrogen) atoms. The molecule has 1 aromatic rings. The molecule has 1 saturated heterocycles. The van der Waals surface area contributed by atoms with E-state index < -0.39 is 14.9 Å². The van der Waals surface area contributed by atoms with Crippen molar-refractivity contribution < 1.29 is 8.78 Å². The van der Waals surface area contributed by atoms with Crippen LogP contribution in [0, 0.1) is 0 Å². The highest BCUT2D eigenvalue weighted by molar-refractivity contribution is 9.58. The molecule has 1 aliphatic heterocycles. The molecule has 0 atom stereocenters. The molecule has 1 aliphatic rings. The summed E-state index contributed by atoms with van der Waals surface area (Å²) in [7, 11) is -0.862. The predicted octanol–water partition coefficient (Wildman–Crippen LogP) is 5.80. The van der Waals surface area contributed by atoms with E-state index in [0.29, 0.717) is 0 Å². The lowest BCUT2D eigenvalue weighted by Gasteiger charge is -2.28. The molecule has 0 unspecified atom stereocenters. The summed E-state index contributed by atoms with van der Waals surface area (Å²) in [5.74, 6) is 3.09. The fourth-order valence-corrected chi connectivity index (χ4v) is 7.40. The smallest absolute Gasteiger partial charge is 0.205 e. The van der Waals surface area contributed by atoms with Crippen LogP contribution < -0.4 is 0 Å². The van der Waals surface area contributed by atoms with Gasteiger partial charge < -0.3 is 0 Å². The summed E-state index contributed by atoms with van der Waals surface area (Å²) in [6.07, 6.45) is 0.0572. The first-order valence-corrected chi connectivity index (χ1v) is 10.3. The summed E-state index contributed by atoms with van der Waals surface area (Å²) in [5.41, 5.74) is 0.981. The quantitative estimate of drug-likeness (QED) is 0.615. The highest BCUT2D eigenvalue weighted by atomic mass is 79.9. The molecular formula is C12H14Br2F2S. The topological polar surface area (TPSA) is 0 Å². The molecule has 1 aromatic carbocycles. The van der Waals surface area contributed by atoms with Gasteiger partial charge in [0.15, 0.2) is 0 Å². The number of benzene rings is 1. The Morgan fingerprint density at radius 1 is 1.24 bits per heavy atom. The third kappa shape index (κ3) is 3.44. The van der Waals surface area contributed by atoms with Crippen LogP contribution in [0.3, 0.4) is 0 Å². The van der Waals surface area contributed by atoms with Crippen molar-refractivity contribution in [1.82, 2.24) is 0 Å². The highest BCUT2D eigenvalue weighted by Gasteiger charge is 2.27. The molecule has 0 aliphatic carbocycles. The second-order valence-corrected chi connectivity index (χ2v) is 12.4. The Hall–Kier alpha value is 0.390. The van der Waals surface area contributed by atoms with Gasteiger partial charge in [0.1, 0.15) is 0 Å². The SMILES string of the molecule is FC(F)c1cc(Br)ccc1CS1(Br)CCCC1. The van der Waals surface area contributed by atoms with E-state index in [1.54, 1.807) is 6.07 Å². The van der Waals surface area contributed by atoms with Crippen LogP contribution in [0.5, 0.6) is 0 Å². The molecule has 1 heterocycles. The Morgan fingerprint density at radius 2 is 1.88 bits per heavy atom. The minimum Gasteiger partial charge on any atom is -0.205 e. The zero-order chi connectivity index (χ0) is 12.5. The normalized spacial score (nSPS) is 20.8. The first kappa shape index (κ1) is 13.8. The van der Waals surface area contributed by atoms with Crippen LogP contribution in [0.1, 0.15) is 30.4 Å². The zero-order valence-electron chi connectivity index (χ0n) is 9.27. The molecule has 0 saturated carbocycles. The zero-order valence-corrected chi connectivity index (χ0v) is 13.3. The molecule has 0 N–H and O–H groups in total. The van der Waals surface area contributed by atoms with Crippen LogP contribution in [0.2, 0.25) is 0 Å². The highest BCUT2D eigenvalue weighted by Crippen LogP contribution is 2.63. The third-order valence-electron chi connectivity index (χ3n) is 3.03. The third-order valence-corrected chi connectivity index (χ3v) is 9.02. The van der Waals surface area contributed by atoms with Crippen LogP contribution >= 0.6 is 39.2 Å². The maximum Gasteiger partial charge on any atom is 0.264 e. The van der Waals surface area contributed by atoms with Gasteiger partial charge in [-0.3, -0.25) is 0 Å². The van der Waals surface area contributed by atoms with Gasteiger partial charge in [-0.1, -0.05) is 22.0 Å². The fourth-order valence-electron chi connectivity index (χ4n) is 2.15. The number of hydrogen-bond donors (Lipinski definition) is 0. The molecule has 0 bridgehead atoms. The molecular weight excluding hydrogens is 374 g/mol. The minimum atomic E-state index is -2.39. The summed E-state index contributed by atoms with van der Waals surface area (Å²) in [4.78, 5) is 0. The van der Waals surface area contributed by atoms with E-state index in [2.05, 4.69) is 30.7 Å². The summed E-state index contributed by atoms with van der Waals surface area (Å²) < 4.78 is 26.7. The summed E-state index contributed by atoms with van der Waals surface area (Å²) in [5, 5.41) is 0. The lowest BCUT2D eigenvalue weighted by molar-refractivity contribution is 0.150. The molecule has 0 amide bonds. The van der Waals surface area contributed by atoms with Crippen molar-refractivity contribution in [3.63, 3.8) is 0 Å². The van der Waals surface area contributed by atoms with E-state index in [-0.39, 0.29) is 5.56 Å². The van der Waals surface area contributed by atoms with Crippen molar-refractivity contribution in [2.75, 3.05) is 11.5 Å². The van der Waals surface area contributed by atoms with Crippen molar-refractivity contribution >= 4 is 39.2 Å². The molecule has 0 aromatic heterocycles. The van der Waals surface area contributed by atoms with Gasteiger partial charge in [0.05, 0.1) is 0 Å². The standard InChI is InChI=1S/C12H14Br2F2S/c13-10-4-3-9(11(7-10)12(15)16)8-17(14)5-1-2-6-17/h3-4,7,12H,1-2,5-6,8H2. The van der Waals surface area contributed by atoms with E-state index in [1.165, 1.54) is 12.8 Å². The van der Waals surface area contributed by atoms with Crippen LogP contribution in [-0.2, 0) is 5.75 Å². The Kier molecular flexibility index (Phi) is 4.53. The van der Waals surface area contributed by atoms with Gasteiger partial charge in [-0.25, -0.2) is 8.78 Å². The average Bonchev–Trinajstić information content (AvgIpc) is 2.67. The molecule has 5 heteroatoms. The van der Waals surface area contributed by atoms with Gasteiger partial charge in [0.2, 0.25) is 0 Å². The second kappa shape index (κ2) is 5.57. The van der Waals surface area contributed by atoms with E-state index >= 15 is 0 Å². The summed E-state index contributed by atoms with van der Waals surface area (Å²) >= 11 is 7.06. The largest absolute Gasteiger partial charge is 0.264 e. The van der Waals surface area contributed by atoms with Crippen LogP contribution in [0.15, 0.2) is 22.7 Å². The first-order chi connectivity index (χ1) is 8.00. The summed E-state index contributed by atoms with van der Waals surface area (Å²) in [6, 6.07) is 5.23. The Bertz CT molecular complexity index is 403. The molecule has 0 nitrogen and oxygen atoms in total. The summed E-state index contributed by atoms with van der Waals surface area (Å²) in [6.45, 7) is 0. The van der Waals surface area contributed by atoms with Crippen molar-refractivity contribution in [2.45, 2.75) is 25.0 Å². The van der Waals surface area contributed by atoms with E-state index in [4.69, 9.17) is 0 Å². The predicted molar refractivity (Wildman–Crippen MR) is 78.3 cm³/mol. The lowest BCUT2D eigenvalue weighted by atomic mass is 10.1. The average molecular weight is 388 g/mol. The van der Waals surface area contributed by atoms with E-state index in [9.17, 15) is 8.78 Å². The molecule has 1 fully saturated rings. The number of rotatable bonds is 3. The fraction of sp³-hybridized carbons (Fsp3) is 0.500. The Balaban J connectivity index is 2.25. The van der Waals surface area contributed by atoms with Gasteiger partial charge in [-0.05, 0) is 56.9 Å².